The van der Waals surface area contributed by atoms with Crippen LogP contribution in [-0.2, 0) is 0 Å². The number of carbonyl (C=O) groups excluding carboxylic acids is 1. The van der Waals surface area contributed by atoms with Gasteiger partial charge in [0.25, 0.3) is 5.91 Å². The van der Waals surface area contributed by atoms with Crippen LogP contribution in [0.3, 0.4) is 0 Å². The molecule has 3 N–H and O–H groups in total. The van der Waals surface area contributed by atoms with Gasteiger partial charge in [-0.05, 0) is 49.2 Å². The van der Waals surface area contributed by atoms with Crippen LogP contribution in [-0.4, -0.2) is 5.91 Å². The van der Waals surface area contributed by atoms with Crippen molar-refractivity contribution in [2.45, 2.75) is 13.8 Å². The molecule has 0 spiro atoms. The Bertz CT molecular complexity index is 615. The number of amides is 1. The summed E-state index contributed by atoms with van der Waals surface area (Å²) in [5.41, 5.74) is 9.13. The van der Waals surface area contributed by atoms with Crippen LogP contribution in [0.2, 0.25) is 0 Å². The molecule has 4 heteroatoms. The van der Waals surface area contributed by atoms with Crippen LogP contribution in [0.25, 0.3) is 0 Å². The molecule has 0 radical (unpaired) electrons. The molecule has 0 bridgehead atoms. The van der Waals surface area contributed by atoms with Crippen LogP contribution in [0, 0.1) is 19.7 Å². The van der Waals surface area contributed by atoms with Gasteiger partial charge in [-0.15, -0.1) is 0 Å². The van der Waals surface area contributed by atoms with Gasteiger partial charge in [0.15, 0.2) is 0 Å². The van der Waals surface area contributed by atoms with Crippen LogP contribution in [0.1, 0.15) is 21.5 Å². The SMILES string of the molecule is Cc1cc(C)c(NC(=O)c2cccc(F)c2)c(N)c1. The summed E-state index contributed by atoms with van der Waals surface area (Å²) < 4.78 is 13.1. The van der Waals surface area contributed by atoms with Crippen molar-refractivity contribution < 1.29 is 9.18 Å². The number of nitrogens with two attached hydrogens (primary N) is 1. The highest BCUT2D eigenvalue weighted by Crippen LogP contribution is 2.25. The van der Waals surface area contributed by atoms with E-state index in [2.05, 4.69) is 5.32 Å². The fourth-order valence-corrected chi connectivity index (χ4v) is 1.99. The van der Waals surface area contributed by atoms with Crippen molar-refractivity contribution in [1.82, 2.24) is 0 Å². The first kappa shape index (κ1) is 13.1. The minimum atomic E-state index is -0.443. The second kappa shape index (κ2) is 5.10. The zero-order valence-electron chi connectivity index (χ0n) is 10.8. The molecule has 98 valence electrons. The van der Waals surface area contributed by atoms with Crippen LogP contribution in [0.5, 0.6) is 0 Å². The van der Waals surface area contributed by atoms with E-state index in [1.54, 1.807) is 12.1 Å². The summed E-state index contributed by atoms with van der Waals surface area (Å²) in [6.07, 6.45) is 0. The Morgan fingerprint density at radius 3 is 2.58 bits per heavy atom. The monoisotopic (exact) mass is 258 g/mol. The van der Waals surface area contributed by atoms with Gasteiger partial charge in [0.1, 0.15) is 5.82 Å². The summed E-state index contributed by atoms with van der Waals surface area (Å²) in [5.74, 6) is -0.820. The molecule has 2 aromatic rings. The lowest BCUT2D eigenvalue weighted by Crippen LogP contribution is -2.14. The van der Waals surface area contributed by atoms with Gasteiger partial charge < -0.3 is 11.1 Å². The molecule has 19 heavy (non-hydrogen) atoms. The van der Waals surface area contributed by atoms with Gasteiger partial charge in [-0.2, -0.15) is 0 Å². The van der Waals surface area contributed by atoms with Crippen LogP contribution < -0.4 is 11.1 Å². The van der Waals surface area contributed by atoms with E-state index in [-0.39, 0.29) is 11.5 Å². The molecule has 3 nitrogen and oxygen atoms in total. The third kappa shape index (κ3) is 2.91. The number of rotatable bonds is 2. The molecule has 0 atom stereocenters. The Morgan fingerprint density at radius 1 is 1.21 bits per heavy atom. The van der Waals surface area contributed by atoms with Crippen molar-refractivity contribution in [2.75, 3.05) is 11.1 Å². The molecule has 2 rings (SSSR count). The highest BCUT2D eigenvalue weighted by molar-refractivity contribution is 6.06. The quantitative estimate of drug-likeness (QED) is 0.812. The lowest BCUT2D eigenvalue weighted by molar-refractivity contribution is 0.102. The van der Waals surface area contributed by atoms with Gasteiger partial charge >= 0.3 is 0 Å². The van der Waals surface area contributed by atoms with Crippen molar-refractivity contribution >= 4 is 17.3 Å². The first-order valence-corrected chi connectivity index (χ1v) is 5.91. The summed E-state index contributed by atoms with van der Waals surface area (Å²) in [7, 11) is 0. The predicted octanol–water partition coefficient (Wildman–Crippen LogP) is 3.28. The Morgan fingerprint density at radius 2 is 1.95 bits per heavy atom. The van der Waals surface area contributed by atoms with Crippen LogP contribution >= 0.6 is 0 Å². The summed E-state index contributed by atoms with van der Waals surface area (Å²) >= 11 is 0. The standard InChI is InChI=1S/C15H15FN2O/c1-9-6-10(2)14(13(17)7-9)18-15(19)11-4-3-5-12(16)8-11/h3-8H,17H2,1-2H3,(H,18,19). The fraction of sp³-hybridized carbons (Fsp3) is 0.133. The smallest absolute Gasteiger partial charge is 0.255 e. The molecule has 0 saturated carbocycles. The third-order valence-corrected chi connectivity index (χ3v) is 2.84. The van der Waals surface area contributed by atoms with Crippen LogP contribution in [0.15, 0.2) is 36.4 Å². The maximum atomic E-state index is 13.1. The van der Waals surface area contributed by atoms with Gasteiger partial charge in [-0.3, -0.25) is 4.79 Å². The zero-order chi connectivity index (χ0) is 14.0. The number of aryl methyl sites for hydroxylation is 2. The molecular formula is C15H15FN2O. The van der Waals surface area contributed by atoms with Gasteiger partial charge in [-0.1, -0.05) is 12.1 Å². The Labute approximate surface area is 111 Å². The Kier molecular flexibility index (Phi) is 3.51. The molecule has 0 heterocycles. The highest BCUT2D eigenvalue weighted by Gasteiger charge is 2.11. The predicted molar refractivity (Wildman–Crippen MR) is 74.7 cm³/mol. The van der Waals surface area contributed by atoms with E-state index in [4.69, 9.17) is 5.73 Å². The normalized spacial score (nSPS) is 10.3. The molecule has 2 aromatic carbocycles. The minimum Gasteiger partial charge on any atom is -0.397 e. The van der Waals surface area contributed by atoms with E-state index in [0.717, 1.165) is 11.1 Å². The maximum absolute atomic E-state index is 13.1. The zero-order valence-corrected chi connectivity index (χ0v) is 10.8. The van der Waals surface area contributed by atoms with E-state index in [9.17, 15) is 9.18 Å². The van der Waals surface area contributed by atoms with Crippen molar-refractivity contribution in [3.8, 4) is 0 Å². The van der Waals surface area contributed by atoms with Gasteiger partial charge in [-0.25, -0.2) is 4.39 Å². The lowest BCUT2D eigenvalue weighted by atomic mass is 10.1. The molecule has 0 aliphatic carbocycles. The van der Waals surface area contributed by atoms with Crippen molar-refractivity contribution in [2.24, 2.45) is 0 Å². The molecule has 0 aliphatic heterocycles. The Balaban J connectivity index is 2.29. The summed E-state index contributed by atoms with van der Waals surface area (Å²) in [4.78, 5) is 12.0. The third-order valence-electron chi connectivity index (χ3n) is 2.84. The number of hydrogen-bond donors (Lipinski definition) is 2. The Hall–Kier alpha value is -2.36. The molecule has 0 fully saturated rings. The molecule has 0 aromatic heterocycles. The van der Waals surface area contributed by atoms with E-state index < -0.39 is 5.82 Å². The first-order chi connectivity index (χ1) is 8.97. The second-order valence-electron chi connectivity index (χ2n) is 4.51. The van der Waals surface area contributed by atoms with E-state index in [0.29, 0.717) is 11.4 Å². The van der Waals surface area contributed by atoms with Crippen molar-refractivity contribution in [3.05, 3.63) is 58.9 Å². The fourth-order valence-electron chi connectivity index (χ4n) is 1.99. The van der Waals surface area contributed by atoms with Gasteiger partial charge in [0.05, 0.1) is 11.4 Å². The number of nitrogen functional groups attached to an aromatic ring is 1. The van der Waals surface area contributed by atoms with Crippen molar-refractivity contribution in [3.63, 3.8) is 0 Å². The molecule has 0 unspecified atom stereocenters. The largest absolute Gasteiger partial charge is 0.397 e. The van der Waals surface area contributed by atoms with E-state index in [1.165, 1.54) is 18.2 Å². The average Bonchev–Trinajstić information content (AvgIpc) is 2.33. The maximum Gasteiger partial charge on any atom is 0.255 e. The highest BCUT2D eigenvalue weighted by atomic mass is 19.1. The average molecular weight is 258 g/mol. The van der Waals surface area contributed by atoms with Gasteiger partial charge in [0.2, 0.25) is 0 Å². The molecule has 0 aliphatic rings. The summed E-state index contributed by atoms with van der Waals surface area (Å²) in [6, 6.07) is 9.25. The number of nitrogens with one attached hydrogen (secondary N) is 1. The van der Waals surface area contributed by atoms with Crippen LogP contribution in [0.4, 0.5) is 15.8 Å². The lowest BCUT2D eigenvalue weighted by Gasteiger charge is -2.12. The number of anilines is 2. The topological polar surface area (TPSA) is 55.1 Å². The second-order valence-corrected chi connectivity index (χ2v) is 4.51. The first-order valence-electron chi connectivity index (χ1n) is 5.91. The summed E-state index contributed by atoms with van der Waals surface area (Å²) in [5, 5.41) is 2.72. The molecular weight excluding hydrogens is 243 g/mol. The van der Waals surface area contributed by atoms with E-state index >= 15 is 0 Å². The number of carbonyl (C=O) groups is 1. The van der Waals surface area contributed by atoms with Gasteiger partial charge in [0, 0.05) is 5.56 Å². The molecule has 1 amide bonds. The van der Waals surface area contributed by atoms with E-state index in [1.807, 2.05) is 19.9 Å². The number of halogens is 1. The minimum absolute atomic E-state index is 0.263. The van der Waals surface area contributed by atoms with Crippen molar-refractivity contribution in [1.29, 1.82) is 0 Å². The summed E-state index contributed by atoms with van der Waals surface area (Å²) in [6.45, 7) is 3.80. The number of benzene rings is 2. The molecule has 0 saturated heterocycles. The number of hydrogen-bond acceptors (Lipinski definition) is 2.